The number of rotatable bonds is 10. The smallest absolute Gasteiger partial charge is 0.333 e. The average Bonchev–Trinajstić information content (AvgIpc) is 2.66. The van der Waals surface area contributed by atoms with E-state index < -0.39 is 0 Å². The third-order valence-electron chi connectivity index (χ3n) is 4.60. The van der Waals surface area contributed by atoms with E-state index in [-0.39, 0.29) is 18.4 Å². The molecule has 0 aliphatic rings. The molecule has 0 aliphatic heterocycles. The van der Waals surface area contributed by atoms with Crippen molar-refractivity contribution < 1.29 is 19.0 Å². The van der Waals surface area contributed by atoms with Crippen LogP contribution in [0, 0.1) is 5.82 Å². The highest BCUT2D eigenvalue weighted by Crippen LogP contribution is 2.29. The Bertz CT molecular complexity index is 827. The zero-order valence-electron chi connectivity index (χ0n) is 16.8. The first-order valence-corrected chi connectivity index (χ1v) is 9.80. The Kier molecular flexibility index (Phi) is 8.40. The number of aryl methyl sites for hydroxylation is 2. The van der Waals surface area contributed by atoms with Gasteiger partial charge in [0.2, 0.25) is 0 Å². The molecule has 0 amide bonds. The number of benzene rings is 2. The molecular formula is C24H29FO3. The van der Waals surface area contributed by atoms with Gasteiger partial charge in [0.25, 0.3) is 0 Å². The van der Waals surface area contributed by atoms with Crippen LogP contribution in [0.2, 0.25) is 0 Å². The lowest BCUT2D eigenvalue weighted by Crippen LogP contribution is -2.07. The summed E-state index contributed by atoms with van der Waals surface area (Å²) in [5.41, 5.74) is 4.84. The summed E-state index contributed by atoms with van der Waals surface area (Å²) in [7, 11) is 0. The minimum atomic E-state index is -0.384. The molecule has 2 aromatic rings. The minimum Gasteiger partial charge on any atom is -0.462 e. The monoisotopic (exact) mass is 384 g/mol. The molecule has 150 valence electrons. The van der Waals surface area contributed by atoms with Gasteiger partial charge in [-0.1, -0.05) is 50.3 Å². The molecule has 0 aliphatic carbocycles. The van der Waals surface area contributed by atoms with E-state index in [1.807, 2.05) is 18.2 Å². The highest BCUT2D eigenvalue weighted by atomic mass is 19.1. The van der Waals surface area contributed by atoms with E-state index in [4.69, 9.17) is 9.84 Å². The van der Waals surface area contributed by atoms with Crippen molar-refractivity contribution in [2.75, 3.05) is 13.2 Å². The van der Waals surface area contributed by atoms with E-state index >= 15 is 0 Å². The topological polar surface area (TPSA) is 46.5 Å². The van der Waals surface area contributed by atoms with Gasteiger partial charge >= 0.3 is 5.97 Å². The first kappa shape index (κ1) is 21.8. The number of hydrogen-bond donors (Lipinski definition) is 1. The summed E-state index contributed by atoms with van der Waals surface area (Å²) in [6, 6.07) is 11.3. The van der Waals surface area contributed by atoms with Crippen LogP contribution in [-0.4, -0.2) is 24.3 Å². The Labute approximate surface area is 166 Å². The summed E-state index contributed by atoms with van der Waals surface area (Å²) < 4.78 is 19.9. The molecule has 0 atom stereocenters. The second-order valence-electron chi connectivity index (χ2n) is 7.05. The molecule has 2 aromatic carbocycles. The molecule has 28 heavy (non-hydrogen) atoms. The average molecular weight is 384 g/mol. The number of carbonyl (C=O) groups is 1. The second-order valence-corrected chi connectivity index (χ2v) is 7.05. The highest BCUT2D eigenvalue weighted by molar-refractivity contribution is 5.86. The largest absolute Gasteiger partial charge is 0.462 e. The maximum Gasteiger partial charge on any atom is 0.333 e. The second kappa shape index (κ2) is 10.8. The number of hydrogen-bond acceptors (Lipinski definition) is 3. The molecule has 0 saturated carbocycles. The fraction of sp³-hybridized carbons (Fsp3) is 0.375. The molecule has 0 saturated heterocycles. The zero-order chi connectivity index (χ0) is 20.5. The lowest BCUT2D eigenvalue weighted by molar-refractivity contribution is -0.139. The minimum absolute atomic E-state index is 0.00133. The van der Waals surface area contributed by atoms with Crippen LogP contribution < -0.4 is 0 Å². The van der Waals surface area contributed by atoms with Gasteiger partial charge in [-0.25, -0.2) is 9.18 Å². The van der Waals surface area contributed by atoms with Crippen LogP contribution in [0.15, 0.2) is 48.6 Å². The summed E-state index contributed by atoms with van der Waals surface area (Å²) in [5, 5.41) is 9.05. The predicted molar refractivity (Wildman–Crippen MR) is 111 cm³/mol. The number of ether oxygens (including phenoxy) is 1. The number of carbonyl (C=O) groups excluding carboxylic acids is 1. The highest BCUT2D eigenvalue weighted by Gasteiger charge is 2.12. The maximum atomic E-state index is 14.7. The Balaban J connectivity index is 2.23. The Hall–Kier alpha value is -2.46. The van der Waals surface area contributed by atoms with Crippen LogP contribution in [0.3, 0.4) is 0 Å². The first-order chi connectivity index (χ1) is 13.5. The molecular weight excluding hydrogens is 355 g/mol. The third-order valence-corrected chi connectivity index (χ3v) is 4.60. The van der Waals surface area contributed by atoms with E-state index in [1.54, 1.807) is 13.0 Å². The van der Waals surface area contributed by atoms with Gasteiger partial charge in [0.05, 0.1) is 6.61 Å². The summed E-state index contributed by atoms with van der Waals surface area (Å²) in [6.45, 7) is 7.63. The zero-order valence-corrected chi connectivity index (χ0v) is 16.8. The van der Waals surface area contributed by atoms with Crippen molar-refractivity contribution in [2.24, 2.45) is 0 Å². The van der Waals surface area contributed by atoms with Gasteiger partial charge < -0.3 is 9.84 Å². The third kappa shape index (κ3) is 6.03. The lowest BCUT2D eigenvalue weighted by Gasteiger charge is -2.14. The molecule has 3 nitrogen and oxygen atoms in total. The van der Waals surface area contributed by atoms with Crippen molar-refractivity contribution in [3.63, 3.8) is 0 Å². The normalized spacial score (nSPS) is 10.7. The molecule has 4 heteroatoms. The van der Waals surface area contributed by atoms with Crippen LogP contribution in [0.1, 0.15) is 43.4 Å². The molecule has 0 bridgehead atoms. The Morgan fingerprint density at radius 2 is 1.75 bits per heavy atom. The molecule has 0 radical (unpaired) electrons. The molecule has 1 N–H and O–H groups in total. The van der Waals surface area contributed by atoms with Gasteiger partial charge in [-0.2, -0.15) is 0 Å². The summed E-state index contributed by atoms with van der Waals surface area (Å²) >= 11 is 0. The number of aliphatic hydroxyl groups excluding tert-OH is 1. The standard InChI is InChI=1S/C24H29FO3/c1-4-6-18-8-10-21(22-11-9-19(12-13-26)16-23(22)25)20(15-18)7-5-14-28-24(27)17(2)3/h8-11,15-16,26H,2,4-7,12-14H2,1,3H3. The summed E-state index contributed by atoms with van der Waals surface area (Å²) in [6.07, 6.45) is 3.79. The molecule has 2 rings (SSSR count). The summed E-state index contributed by atoms with van der Waals surface area (Å²) in [5.74, 6) is -0.672. The van der Waals surface area contributed by atoms with Crippen molar-refractivity contribution >= 4 is 5.97 Å². The molecule has 0 unspecified atom stereocenters. The van der Waals surface area contributed by atoms with Gasteiger partial charge in [0, 0.05) is 17.7 Å². The van der Waals surface area contributed by atoms with Crippen molar-refractivity contribution in [3.05, 3.63) is 71.1 Å². The van der Waals surface area contributed by atoms with E-state index in [9.17, 15) is 9.18 Å². The number of halogens is 1. The van der Waals surface area contributed by atoms with E-state index in [0.717, 1.165) is 29.5 Å². The van der Waals surface area contributed by atoms with Gasteiger partial charge in [0.1, 0.15) is 5.82 Å². The van der Waals surface area contributed by atoms with Crippen molar-refractivity contribution in [3.8, 4) is 11.1 Å². The van der Waals surface area contributed by atoms with Gasteiger partial charge in [-0.15, -0.1) is 0 Å². The Morgan fingerprint density at radius 3 is 2.36 bits per heavy atom. The van der Waals surface area contributed by atoms with Crippen molar-refractivity contribution in [1.82, 2.24) is 0 Å². The Morgan fingerprint density at radius 1 is 1.07 bits per heavy atom. The number of aliphatic hydroxyl groups is 1. The van der Waals surface area contributed by atoms with Crippen LogP contribution in [0.25, 0.3) is 11.1 Å². The van der Waals surface area contributed by atoms with Crippen LogP contribution in [0.4, 0.5) is 4.39 Å². The SMILES string of the molecule is C=C(C)C(=O)OCCCc1cc(CCC)ccc1-c1ccc(CCO)cc1F. The van der Waals surface area contributed by atoms with Gasteiger partial charge in [-0.3, -0.25) is 0 Å². The van der Waals surface area contributed by atoms with E-state index in [1.165, 1.54) is 11.6 Å². The van der Waals surface area contributed by atoms with E-state index in [0.29, 0.717) is 37.0 Å². The van der Waals surface area contributed by atoms with Crippen LogP contribution in [-0.2, 0) is 28.8 Å². The molecule has 0 fully saturated rings. The fourth-order valence-electron chi connectivity index (χ4n) is 3.17. The molecule has 0 aromatic heterocycles. The lowest BCUT2D eigenvalue weighted by atomic mass is 9.92. The van der Waals surface area contributed by atoms with Crippen molar-refractivity contribution in [1.29, 1.82) is 0 Å². The van der Waals surface area contributed by atoms with Crippen LogP contribution >= 0.6 is 0 Å². The van der Waals surface area contributed by atoms with Gasteiger partial charge in [0.15, 0.2) is 0 Å². The quantitative estimate of drug-likeness (QED) is 0.355. The number of esters is 1. The first-order valence-electron chi connectivity index (χ1n) is 9.80. The van der Waals surface area contributed by atoms with Crippen LogP contribution in [0.5, 0.6) is 0 Å². The van der Waals surface area contributed by atoms with Gasteiger partial charge in [-0.05, 0) is 60.9 Å². The van der Waals surface area contributed by atoms with Crippen molar-refractivity contribution in [2.45, 2.75) is 46.0 Å². The molecule has 0 heterocycles. The molecule has 0 spiro atoms. The predicted octanol–water partition coefficient (Wildman–Crippen LogP) is 5.03. The van der Waals surface area contributed by atoms with E-state index in [2.05, 4.69) is 19.6 Å². The maximum absolute atomic E-state index is 14.7. The summed E-state index contributed by atoms with van der Waals surface area (Å²) in [4.78, 5) is 11.5. The fourth-order valence-corrected chi connectivity index (χ4v) is 3.17.